The van der Waals surface area contributed by atoms with Gasteiger partial charge in [0.1, 0.15) is 11.6 Å². The number of carbonyl (C=O) groups excluding carboxylic acids is 1. The molecule has 1 aromatic rings. The van der Waals surface area contributed by atoms with Crippen molar-refractivity contribution in [3.8, 4) is 0 Å². The lowest BCUT2D eigenvalue weighted by molar-refractivity contribution is -0.138. The van der Waals surface area contributed by atoms with Gasteiger partial charge in [0.25, 0.3) is 0 Å². The molecule has 0 aliphatic heterocycles. The Morgan fingerprint density at radius 3 is 2.56 bits per heavy atom. The lowest BCUT2D eigenvalue weighted by Gasteiger charge is -2.04. The van der Waals surface area contributed by atoms with Crippen LogP contribution in [0.3, 0.4) is 0 Å². The van der Waals surface area contributed by atoms with Gasteiger partial charge in [-0.2, -0.15) is 0 Å². The van der Waals surface area contributed by atoms with Crippen molar-refractivity contribution in [1.82, 2.24) is 0 Å². The molecule has 0 amide bonds. The Bertz CT molecular complexity index is 397. The van der Waals surface area contributed by atoms with E-state index in [1.807, 2.05) is 0 Å². The summed E-state index contributed by atoms with van der Waals surface area (Å²) in [5.74, 6) is -1.93. The molecule has 1 rings (SSSR count). The van der Waals surface area contributed by atoms with Gasteiger partial charge >= 0.3 is 5.97 Å². The highest BCUT2D eigenvalue weighted by atomic mass is 35.5. The van der Waals surface area contributed by atoms with E-state index in [-0.39, 0.29) is 35.6 Å². The molecule has 0 aromatic heterocycles. The lowest BCUT2D eigenvalue weighted by atomic mass is 10.1. The average Bonchev–Trinajstić information content (AvgIpc) is 2.21. The summed E-state index contributed by atoms with van der Waals surface area (Å²) in [6.45, 7) is 0. The Morgan fingerprint density at radius 1 is 1.31 bits per heavy atom. The Morgan fingerprint density at radius 2 is 2.00 bits per heavy atom. The van der Waals surface area contributed by atoms with Crippen LogP contribution >= 0.6 is 11.6 Å². The minimum atomic E-state index is -1.05. The number of carbonyl (C=O) groups is 2. The van der Waals surface area contributed by atoms with Crippen molar-refractivity contribution in [3.05, 3.63) is 34.6 Å². The molecule has 0 spiro atoms. The van der Waals surface area contributed by atoms with Crippen molar-refractivity contribution in [2.45, 2.75) is 19.3 Å². The number of hydrogen-bond acceptors (Lipinski definition) is 2. The second-order valence-corrected chi connectivity index (χ2v) is 3.72. The molecule has 0 unspecified atom stereocenters. The molecule has 16 heavy (non-hydrogen) atoms. The zero-order chi connectivity index (χ0) is 12.1. The standard InChI is InChI=1S/C11H10ClFO3/c12-9-2-1-3-10(13)8(9)6-7(14)4-5-11(15)16/h1-3H,4-6H2,(H,15,16). The Hall–Kier alpha value is -1.42. The largest absolute Gasteiger partial charge is 0.481 e. The highest BCUT2D eigenvalue weighted by molar-refractivity contribution is 6.31. The van der Waals surface area contributed by atoms with E-state index in [9.17, 15) is 14.0 Å². The van der Waals surface area contributed by atoms with Crippen LogP contribution < -0.4 is 0 Å². The maximum Gasteiger partial charge on any atom is 0.303 e. The van der Waals surface area contributed by atoms with E-state index >= 15 is 0 Å². The lowest BCUT2D eigenvalue weighted by Crippen LogP contribution is -2.07. The number of carboxylic acids is 1. The molecule has 0 fully saturated rings. The first-order chi connectivity index (χ1) is 7.50. The fourth-order valence-electron chi connectivity index (χ4n) is 1.23. The number of carboxylic acid groups (broad SMARTS) is 1. The molecule has 0 saturated carbocycles. The number of halogens is 2. The number of benzene rings is 1. The van der Waals surface area contributed by atoms with Crippen LogP contribution in [0.2, 0.25) is 5.02 Å². The molecule has 0 heterocycles. The van der Waals surface area contributed by atoms with Gasteiger partial charge in [0.15, 0.2) is 0 Å². The quantitative estimate of drug-likeness (QED) is 0.866. The maximum absolute atomic E-state index is 13.3. The van der Waals surface area contributed by atoms with Crippen molar-refractivity contribution < 1.29 is 19.1 Å². The molecule has 0 bridgehead atoms. The van der Waals surface area contributed by atoms with Crippen LogP contribution in [-0.4, -0.2) is 16.9 Å². The third-order valence-corrected chi connectivity index (χ3v) is 2.41. The van der Waals surface area contributed by atoms with Gasteiger partial charge in [0.2, 0.25) is 0 Å². The van der Waals surface area contributed by atoms with Crippen molar-refractivity contribution in [2.24, 2.45) is 0 Å². The molecule has 0 saturated heterocycles. The van der Waals surface area contributed by atoms with Crippen molar-refractivity contribution in [1.29, 1.82) is 0 Å². The number of aliphatic carboxylic acids is 1. The molecule has 1 aromatic carbocycles. The van der Waals surface area contributed by atoms with Gasteiger partial charge < -0.3 is 5.11 Å². The Kier molecular flexibility index (Phi) is 4.43. The first-order valence-corrected chi connectivity index (χ1v) is 5.05. The van der Waals surface area contributed by atoms with Gasteiger partial charge in [-0.3, -0.25) is 9.59 Å². The Balaban J connectivity index is 2.66. The van der Waals surface area contributed by atoms with Crippen molar-refractivity contribution >= 4 is 23.4 Å². The minimum absolute atomic E-state index is 0.111. The smallest absolute Gasteiger partial charge is 0.303 e. The normalized spacial score (nSPS) is 10.1. The first kappa shape index (κ1) is 12.6. The fraction of sp³-hybridized carbons (Fsp3) is 0.273. The zero-order valence-electron chi connectivity index (χ0n) is 8.37. The number of hydrogen-bond donors (Lipinski definition) is 1. The van der Waals surface area contributed by atoms with Gasteiger partial charge in [-0.25, -0.2) is 4.39 Å². The predicted octanol–water partition coefficient (Wildman–Crippen LogP) is 2.46. The summed E-state index contributed by atoms with van der Waals surface area (Å²) in [5.41, 5.74) is 0.125. The van der Waals surface area contributed by atoms with Crippen LogP contribution in [0.15, 0.2) is 18.2 Å². The molecule has 86 valence electrons. The van der Waals surface area contributed by atoms with Gasteiger partial charge in [0.05, 0.1) is 6.42 Å². The SMILES string of the molecule is O=C(O)CCC(=O)Cc1c(F)cccc1Cl. The van der Waals surface area contributed by atoms with E-state index in [0.29, 0.717) is 0 Å². The molecule has 0 atom stereocenters. The van der Waals surface area contributed by atoms with Crippen LogP contribution in [0.4, 0.5) is 4.39 Å². The van der Waals surface area contributed by atoms with Crippen LogP contribution in [-0.2, 0) is 16.0 Å². The van der Waals surface area contributed by atoms with Crippen molar-refractivity contribution in [3.63, 3.8) is 0 Å². The van der Waals surface area contributed by atoms with E-state index in [1.54, 1.807) is 0 Å². The van der Waals surface area contributed by atoms with E-state index in [2.05, 4.69) is 0 Å². The molecular formula is C11H10ClFO3. The molecule has 1 N–H and O–H groups in total. The zero-order valence-corrected chi connectivity index (χ0v) is 9.13. The van der Waals surface area contributed by atoms with Gasteiger partial charge in [-0.1, -0.05) is 17.7 Å². The summed E-state index contributed by atoms with van der Waals surface area (Å²) in [6.07, 6.45) is -0.524. The van der Waals surface area contributed by atoms with E-state index < -0.39 is 11.8 Å². The van der Waals surface area contributed by atoms with Gasteiger partial charge in [-0.15, -0.1) is 0 Å². The summed E-state index contributed by atoms with van der Waals surface area (Å²) in [6, 6.07) is 4.15. The third-order valence-electron chi connectivity index (χ3n) is 2.05. The highest BCUT2D eigenvalue weighted by Gasteiger charge is 2.12. The van der Waals surface area contributed by atoms with Crippen molar-refractivity contribution in [2.75, 3.05) is 0 Å². The fourth-order valence-corrected chi connectivity index (χ4v) is 1.46. The summed E-state index contributed by atoms with van der Waals surface area (Å²) < 4.78 is 13.3. The topological polar surface area (TPSA) is 54.4 Å². The summed E-state index contributed by atoms with van der Waals surface area (Å²) in [5, 5.41) is 8.57. The first-order valence-electron chi connectivity index (χ1n) is 4.67. The molecule has 0 aliphatic rings. The van der Waals surface area contributed by atoms with E-state index in [4.69, 9.17) is 16.7 Å². The number of Topliss-reactive ketones (excluding diaryl/α,β-unsaturated/α-hetero) is 1. The van der Waals surface area contributed by atoms with Crippen LogP contribution in [0.1, 0.15) is 18.4 Å². The second kappa shape index (κ2) is 5.61. The Labute approximate surface area is 96.8 Å². The maximum atomic E-state index is 13.3. The van der Waals surface area contributed by atoms with E-state index in [0.717, 1.165) is 0 Å². The average molecular weight is 245 g/mol. The monoisotopic (exact) mass is 244 g/mol. The minimum Gasteiger partial charge on any atom is -0.481 e. The second-order valence-electron chi connectivity index (χ2n) is 3.31. The summed E-state index contributed by atoms with van der Waals surface area (Å²) in [7, 11) is 0. The summed E-state index contributed by atoms with van der Waals surface area (Å²) >= 11 is 5.73. The molecular weight excluding hydrogens is 235 g/mol. The van der Waals surface area contributed by atoms with Crippen LogP contribution in [0, 0.1) is 5.82 Å². The molecule has 0 aliphatic carbocycles. The molecule has 5 heteroatoms. The van der Waals surface area contributed by atoms with E-state index in [1.165, 1.54) is 18.2 Å². The highest BCUT2D eigenvalue weighted by Crippen LogP contribution is 2.20. The third kappa shape index (κ3) is 3.62. The number of rotatable bonds is 5. The van der Waals surface area contributed by atoms with Crippen LogP contribution in [0.25, 0.3) is 0 Å². The summed E-state index contributed by atoms with van der Waals surface area (Å²) in [4.78, 5) is 21.6. The van der Waals surface area contributed by atoms with Gasteiger partial charge in [0, 0.05) is 23.4 Å². The van der Waals surface area contributed by atoms with Crippen LogP contribution in [0.5, 0.6) is 0 Å². The molecule has 3 nitrogen and oxygen atoms in total. The predicted molar refractivity (Wildman–Crippen MR) is 57.0 cm³/mol. The molecule has 0 radical (unpaired) electrons. The number of ketones is 1. The van der Waals surface area contributed by atoms with Gasteiger partial charge in [-0.05, 0) is 12.1 Å².